The van der Waals surface area contributed by atoms with Crippen molar-refractivity contribution in [1.82, 2.24) is 4.90 Å². The maximum Gasteiger partial charge on any atom is 0.335 e. The van der Waals surface area contributed by atoms with Gasteiger partial charge in [0.2, 0.25) is 0 Å². The van der Waals surface area contributed by atoms with E-state index in [1.165, 1.54) is 89.4 Å². The first-order valence-corrected chi connectivity index (χ1v) is 10.3. The van der Waals surface area contributed by atoms with Crippen molar-refractivity contribution in [3.8, 4) is 0 Å². The van der Waals surface area contributed by atoms with Crippen LogP contribution in [0.5, 0.6) is 0 Å². The molecule has 2 fully saturated rings. The summed E-state index contributed by atoms with van der Waals surface area (Å²) < 4.78 is 0. The van der Waals surface area contributed by atoms with E-state index in [0.29, 0.717) is 5.56 Å². The van der Waals surface area contributed by atoms with Crippen LogP contribution >= 0.6 is 0 Å². The van der Waals surface area contributed by atoms with Gasteiger partial charge in [-0.15, -0.1) is 0 Å². The Morgan fingerprint density at radius 3 is 1.93 bits per heavy atom. The molecule has 150 valence electrons. The summed E-state index contributed by atoms with van der Waals surface area (Å²) in [6, 6.07) is 4.97. The molecule has 2 aliphatic rings. The van der Waals surface area contributed by atoms with Gasteiger partial charge >= 0.3 is 11.9 Å². The second-order valence-electron chi connectivity index (χ2n) is 7.74. The van der Waals surface area contributed by atoms with Gasteiger partial charge in [0.1, 0.15) is 0 Å². The maximum atomic E-state index is 10.6. The average molecular weight is 376 g/mol. The van der Waals surface area contributed by atoms with Gasteiger partial charge in [0.15, 0.2) is 0 Å². The Hall–Kier alpha value is -1.88. The number of hydrogen-bond donors (Lipinski definition) is 2. The molecule has 5 nitrogen and oxygen atoms in total. The standard InChI is InChI=1S/C13H25N.C9H8O4/c1-2-6-10-13(9-5-1)14-11-7-3-4-8-12-14;1-5-2-3-6(8(10)11)4-7(5)9(12)13/h13H,1-12H2;2-4H,1H3,(H,10,11)(H,12,13). The fourth-order valence-electron chi connectivity index (χ4n) is 4.07. The van der Waals surface area contributed by atoms with Crippen molar-refractivity contribution in [3.63, 3.8) is 0 Å². The minimum Gasteiger partial charge on any atom is -0.478 e. The molecule has 3 rings (SSSR count). The Bertz CT molecular complexity index is 595. The van der Waals surface area contributed by atoms with Crippen LogP contribution in [0.2, 0.25) is 0 Å². The topological polar surface area (TPSA) is 77.8 Å². The Morgan fingerprint density at radius 2 is 1.41 bits per heavy atom. The fourth-order valence-corrected chi connectivity index (χ4v) is 4.07. The molecule has 0 unspecified atom stereocenters. The zero-order valence-electron chi connectivity index (χ0n) is 16.5. The van der Waals surface area contributed by atoms with E-state index in [2.05, 4.69) is 4.90 Å². The van der Waals surface area contributed by atoms with Crippen molar-refractivity contribution < 1.29 is 19.8 Å². The highest BCUT2D eigenvalue weighted by Crippen LogP contribution is 2.24. The van der Waals surface area contributed by atoms with Crippen LogP contribution in [-0.2, 0) is 0 Å². The number of hydrogen-bond acceptors (Lipinski definition) is 3. The molecule has 0 amide bonds. The summed E-state index contributed by atoms with van der Waals surface area (Å²) in [5.41, 5.74) is 0.570. The van der Waals surface area contributed by atoms with E-state index >= 15 is 0 Å². The van der Waals surface area contributed by atoms with E-state index < -0.39 is 11.9 Å². The van der Waals surface area contributed by atoms with E-state index in [1.807, 2.05) is 0 Å². The number of carboxylic acid groups (broad SMARTS) is 2. The van der Waals surface area contributed by atoms with Crippen molar-refractivity contribution in [3.05, 3.63) is 34.9 Å². The monoisotopic (exact) mass is 375 g/mol. The van der Waals surface area contributed by atoms with Crippen molar-refractivity contribution in [2.75, 3.05) is 13.1 Å². The molecular weight excluding hydrogens is 342 g/mol. The van der Waals surface area contributed by atoms with E-state index in [0.717, 1.165) is 12.1 Å². The summed E-state index contributed by atoms with van der Waals surface area (Å²) in [5, 5.41) is 17.3. The van der Waals surface area contributed by atoms with Crippen molar-refractivity contribution in [2.24, 2.45) is 0 Å². The number of aryl methyl sites for hydroxylation is 1. The molecule has 1 aliphatic carbocycles. The largest absolute Gasteiger partial charge is 0.478 e. The lowest BCUT2D eigenvalue weighted by atomic mass is 10.1. The second kappa shape index (κ2) is 11.1. The molecule has 1 aromatic carbocycles. The molecule has 2 N–H and O–H groups in total. The number of rotatable bonds is 3. The lowest BCUT2D eigenvalue weighted by molar-refractivity contribution is 0.0695. The predicted octanol–water partition coefficient (Wildman–Crippen LogP) is 4.98. The second-order valence-corrected chi connectivity index (χ2v) is 7.74. The van der Waals surface area contributed by atoms with Crippen molar-refractivity contribution in [2.45, 2.75) is 77.2 Å². The van der Waals surface area contributed by atoms with Gasteiger partial charge < -0.3 is 15.1 Å². The first-order valence-electron chi connectivity index (χ1n) is 10.3. The number of nitrogens with zero attached hydrogens (tertiary/aromatic N) is 1. The summed E-state index contributed by atoms with van der Waals surface area (Å²) in [4.78, 5) is 23.9. The van der Waals surface area contributed by atoms with Gasteiger partial charge in [0.25, 0.3) is 0 Å². The molecule has 0 bridgehead atoms. The van der Waals surface area contributed by atoms with E-state index in [-0.39, 0.29) is 11.1 Å². The van der Waals surface area contributed by atoms with E-state index in [1.54, 1.807) is 6.92 Å². The van der Waals surface area contributed by atoms with E-state index in [4.69, 9.17) is 10.2 Å². The van der Waals surface area contributed by atoms with Crippen molar-refractivity contribution in [1.29, 1.82) is 0 Å². The summed E-state index contributed by atoms with van der Waals surface area (Å²) in [6.07, 6.45) is 14.8. The molecular formula is C22H33NO4. The van der Waals surface area contributed by atoms with E-state index in [9.17, 15) is 9.59 Å². The van der Waals surface area contributed by atoms with Gasteiger partial charge in [0.05, 0.1) is 11.1 Å². The van der Waals surface area contributed by atoms with Crippen LogP contribution in [0.25, 0.3) is 0 Å². The molecule has 1 heterocycles. The smallest absolute Gasteiger partial charge is 0.335 e. The predicted molar refractivity (Wildman–Crippen MR) is 107 cm³/mol. The average Bonchev–Trinajstić information content (AvgIpc) is 3.07. The van der Waals surface area contributed by atoms with Gasteiger partial charge in [-0.1, -0.05) is 44.6 Å². The van der Waals surface area contributed by atoms with Crippen LogP contribution in [0.1, 0.15) is 90.5 Å². The molecule has 0 radical (unpaired) electrons. The Labute approximate surface area is 162 Å². The molecule has 5 heteroatoms. The van der Waals surface area contributed by atoms with Gasteiger partial charge in [-0.2, -0.15) is 0 Å². The Kier molecular flexibility index (Phi) is 8.79. The van der Waals surface area contributed by atoms with Crippen LogP contribution in [0.3, 0.4) is 0 Å². The van der Waals surface area contributed by atoms with Crippen LogP contribution in [0.4, 0.5) is 0 Å². The zero-order chi connectivity index (χ0) is 19.6. The molecule has 27 heavy (non-hydrogen) atoms. The number of aromatic carboxylic acids is 2. The number of carbonyl (C=O) groups is 2. The highest BCUT2D eigenvalue weighted by atomic mass is 16.4. The number of benzene rings is 1. The Morgan fingerprint density at radius 1 is 0.852 bits per heavy atom. The van der Waals surface area contributed by atoms with Gasteiger partial charge in [-0.05, 0) is 63.4 Å². The van der Waals surface area contributed by atoms with Crippen LogP contribution in [-0.4, -0.2) is 46.2 Å². The third kappa shape index (κ3) is 6.98. The zero-order valence-corrected chi connectivity index (χ0v) is 16.5. The fraction of sp³-hybridized carbons (Fsp3) is 0.636. The first-order chi connectivity index (χ1) is 13.0. The quantitative estimate of drug-likeness (QED) is 0.729. The summed E-state index contributed by atoms with van der Waals surface area (Å²) >= 11 is 0. The maximum absolute atomic E-state index is 10.6. The Balaban J connectivity index is 0.000000194. The highest BCUT2D eigenvalue weighted by Gasteiger charge is 2.20. The van der Waals surface area contributed by atoms with Gasteiger partial charge in [-0.3, -0.25) is 0 Å². The summed E-state index contributed by atoms with van der Waals surface area (Å²) in [7, 11) is 0. The number of carboxylic acids is 2. The lowest BCUT2D eigenvalue weighted by Crippen LogP contribution is -2.35. The normalized spacial score (nSPS) is 19.3. The molecule has 1 saturated heterocycles. The SMILES string of the molecule is C1CCCC(N2CCCCCC2)CC1.Cc1ccc(C(=O)O)cc1C(=O)O. The van der Waals surface area contributed by atoms with Crippen LogP contribution in [0, 0.1) is 6.92 Å². The van der Waals surface area contributed by atoms with Crippen molar-refractivity contribution >= 4 is 11.9 Å². The highest BCUT2D eigenvalue weighted by molar-refractivity contribution is 5.94. The van der Waals surface area contributed by atoms with Gasteiger partial charge in [-0.25, -0.2) is 9.59 Å². The lowest BCUT2D eigenvalue weighted by Gasteiger charge is -2.29. The van der Waals surface area contributed by atoms with Crippen LogP contribution in [0.15, 0.2) is 18.2 Å². The summed E-state index contributed by atoms with van der Waals surface area (Å²) in [5.74, 6) is -2.23. The molecule has 0 spiro atoms. The minimum atomic E-state index is -1.12. The third-order valence-corrected chi connectivity index (χ3v) is 5.70. The molecule has 0 atom stereocenters. The molecule has 1 saturated carbocycles. The molecule has 1 aromatic rings. The number of likely N-dealkylation sites (tertiary alicyclic amines) is 1. The first kappa shape index (κ1) is 21.4. The molecule has 0 aromatic heterocycles. The third-order valence-electron chi connectivity index (χ3n) is 5.70. The molecule has 1 aliphatic heterocycles. The van der Waals surface area contributed by atoms with Crippen LogP contribution < -0.4 is 0 Å². The van der Waals surface area contributed by atoms with Gasteiger partial charge in [0, 0.05) is 6.04 Å². The minimum absolute atomic E-state index is 0.0111. The summed E-state index contributed by atoms with van der Waals surface area (Å²) in [6.45, 7) is 4.41.